The smallest absolute Gasteiger partial charge is 0.339 e. The van der Waals surface area contributed by atoms with Crippen LogP contribution >= 0.6 is 11.6 Å². The largest absolute Gasteiger partial charge is 0.452 e. The first-order valence-electron chi connectivity index (χ1n) is 9.79. The molecule has 8 nitrogen and oxygen atoms in total. The molecule has 0 unspecified atom stereocenters. The molecule has 0 aliphatic rings. The normalized spacial score (nSPS) is 10.4. The van der Waals surface area contributed by atoms with Crippen LogP contribution in [-0.4, -0.2) is 29.2 Å². The predicted octanol–water partition coefficient (Wildman–Crippen LogP) is 4.89. The van der Waals surface area contributed by atoms with E-state index in [1.165, 1.54) is 24.3 Å². The average Bonchev–Trinajstić information content (AvgIpc) is 2.79. The van der Waals surface area contributed by atoms with Crippen LogP contribution in [0.2, 0.25) is 5.02 Å². The van der Waals surface area contributed by atoms with E-state index in [2.05, 4.69) is 5.32 Å². The second-order valence-corrected chi connectivity index (χ2v) is 7.65. The molecule has 0 saturated heterocycles. The molecule has 1 N–H and O–H groups in total. The Bertz CT molecular complexity index is 1270. The highest BCUT2D eigenvalue weighted by Crippen LogP contribution is 2.26. The van der Waals surface area contributed by atoms with Gasteiger partial charge in [0, 0.05) is 23.3 Å². The Labute approximate surface area is 194 Å². The van der Waals surface area contributed by atoms with Crippen molar-refractivity contribution in [3.05, 3.63) is 104 Å². The number of carbonyl (C=O) groups is 3. The molecule has 3 aromatic carbocycles. The maximum absolute atomic E-state index is 13.1. The molecule has 168 valence electrons. The van der Waals surface area contributed by atoms with E-state index in [9.17, 15) is 24.5 Å². The van der Waals surface area contributed by atoms with Gasteiger partial charge in [-0.15, -0.1) is 0 Å². The van der Waals surface area contributed by atoms with Crippen LogP contribution in [-0.2, 0) is 9.53 Å². The number of esters is 1. The first-order valence-corrected chi connectivity index (χ1v) is 10.2. The molecule has 0 saturated carbocycles. The molecule has 0 aromatic heterocycles. The number of nitrogens with one attached hydrogen (secondary N) is 1. The molecule has 33 heavy (non-hydrogen) atoms. The number of nitrogens with zero attached hydrogens (tertiary/aromatic N) is 1. The Kier molecular flexibility index (Phi) is 7.20. The Morgan fingerprint density at radius 2 is 1.67 bits per heavy atom. The van der Waals surface area contributed by atoms with Crippen molar-refractivity contribution in [2.45, 2.75) is 13.8 Å². The van der Waals surface area contributed by atoms with Crippen molar-refractivity contribution >= 4 is 40.6 Å². The minimum Gasteiger partial charge on any atom is -0.452 e. The summed E-state index contributed by atoms with van der Waals surface area (Å²) in [5.41, 5.74) is 2.25. The summed E-state index contributed by atoms with van der Waals surface area (Å²) in [6.45, 7) is 3.03. The summed E-state index contributed by atoms with van der Waals surface area (Å²) in [5.74, 6) is -1.86. The molecule has 0 aliphatic heterocycles. The number of hydrogen-bond donors (Lipinski definition) is 1. The molecule has 0 atom stereocenters. The number of ether oxygens (including phenoxy) is 1. The average molecular weight is 467 g/mol. The van der Waals surface area contributed by atoms with Crippen molar-refractivity contribution in [2.75, 3.05) is 11.9 Å². The first-order chi connectivity index (χ1) is 15.7. The van der Waals surface area contributed by atoms with Crippen molar-refractivity contribution in [3.63, 3.8) is 0 Å². The van der Waals surface area contributed by atoms with Gasteiger partial charge in [0.2, 0.25) is 0 Å². The fraction of sp³-hybridized carbons (Fsp3) is 0.125. The first kappa shape index (κ1) is 23.6. The van der Waals surface area contributed by atoms with Crippen molar-refractivity contribution in [3.8, 4) is 0 Å². The van der Waals surface area contributed by atoms with Gasteiger partial charge in [-0.2, -0.15) is 0 Å². The number of halogens is 1. The van der Waals surface area contributed by atoms with Crippen LogP contribution in [0.1, 0.15) is 37.4 Å². The summed E-state index contributed by atoms with van der Waals surface area (Å²) in [6, 6.07) is 15.2. The van der Waals surface area contributed by atoms with Crippen LogP contribution in [0.5, 0.6) is 0 Å². The summed E-state index contributed by atoms with van der Waals surface area (Å²) < 4.78 is 5.09. The number of nitro benzene ring substituents is 1. The summed E-state index contributed by atoms with van der Waals surface area (Å²) >= 11 is 5.95. The van der Waals surface area contributed by atoms with Crippen LogP contribution in [0.4, 0.5) is 11.4 Å². The lowest BCUT2D eigenvalue weighted by Gasteiger charge is -2.11. The highest BCUT2D eigenvalue weighted by atomic mass is 35.5. The van der Waals surface area contributed by atoms with Gasteiger partial charge < -0.3 is 10.1 Å². The molecule has 1 amide bonds. The Morgan fingerprint density at radius 1 is 0.970 bits per heavy atom. The molecule has 0 bridgehead atoms. The highest BCUT2D eigenvalue weighted by Gasteiger charge is 2.21. The van der Waals surface area contributed by atoms with Gasteiger partial charge in [0.1, 0.15) is 0 Å². The fourth-order valence-electron chi connectivity index (χ4n) is 3.10. The third-order valence-electron chi connectivity index (χ3n) is 4.80. The van der Waals surface area contributed by atoms with E-state index >= 15 is 0 Å². The lowest BCUT2D eigenvalue weighted by molar-refractivity contribution is -0.384. The number of carbonyl (C=O) groups excluding carboxylic acids is 3. The van der Waals surface area contributed by atoms with E-state index < -0.39 is 23.4 Å². The van der Waals surface area contributed by atoms with Gasteiger partial charge in [-0.05, 0) is 37.6 Å². The minimum atomic E-state index is -0.839. The van der Waals surface area contributed by atoms with Crippen LogP contribution in [0.15, 0.2) is 60.7 Å². The third-order valence-corrected chi connectivity index (χ3v) is 5.11. The minimum absolute atomic E-state index is 0.0320. The van der Waals surface area contributed by atoms with Crippen molar-refractivity contribution in [2.24, 2.45) is 0 Å². The predicted molar refractivity (Wildman–Crippen MR) is 123 cm³/mol. The highest BCUT2D eigenvalue weighted by molar-refractivity contribution is 6.34. The molecule has 3 aromatic rings. The quantitative estimate of drug-likeness (QED) is 0.229. The number of rotatable bonds is 7. The lowest BCUT2D eigenvalue weighted by atomic mass is 9.94. The number of anilines is 1. The molecule has 0 fully saturated rings. The van der Waals surface area contributed by atoms with E-state index in [0.29, 0.717) is 5.56 Å². The topological polar surface area (TPSA) is 116 Å². The van der Waals surface area contributed by atoms with Crippen LogP contribution in [0.3, 0.4) is 0 Å². The van der Waals surface area contributed by atoms with Gasteiger partial charge in [0.05, 0.1) is 21.2 Å². The molecular weight excluding hydrogens is 448 g/mol. The number of amides is 1. The van der Waals surface area contributed by atoms with Crippen LogP contribution in [0.25, 0.3) is 0 Å². The number of non-ortho nitro benzene ring substituents is 1. The molecule has 9 heteroatoms. The number of nitro groups is 1. The van der Waals surface area contributed by atoms with Crippen molar-refractivity contribution in [1.29, 1.82) is 0 Å². The third kappa shape index (κ3) is 5.61. The standard InChI is InChI=1S/C24H19ClN2O6/c1-14-7-8-15(2)19(11-14)23(29)17-5-3-4-6-18(17)24(30)33-13-22(28)26-21-10-9-16(27(31)32)12-20(21)25/h3-12H,13H2,1-2H3,(H,26,28). The van der Waals surface area contributed by atoms with E-state index in [1.54, 1.807) is 25.1 Å². The second kappa shape index (κ2) is 10.1. The van der Waals surface area contributed by atoms with E-state index in [4.69, 9.17) is 16.3 Å². The number of hydrogen-bond acceptors (Lipinski definition) is 6. The maximum atomic E-state index is 13.1. The van der Waals surface area contributed by atoms with E-state index in [0.717, 1.165) is 17.2 Å². The summed E-state index contributed by atoms with van der Waals surface area (Å²) in [6.07, 6.45) is 0. The summed E-state index contributed by atoms with van der Waals surface area (Å²) in [7, 11) is 0. The van der Waals surface area contributed by atoms with Crippen LogP contribution < -0.4 is 5.32 Å². The zero-order chi connectivity index (χ0) is 24.1. The fourth-order valence-corrected chi connectivity index (χ4v) is 3.32. The lowest BCUT2D eigenvalue weighted by Crippen LogP contribution is -2.22. The molecular formula is C24H19ClN2O6. The van der Waals surface area contributed by atoms with Gasteiger partial charge in [-0.1, -0.05) is 47.5 Å². The zero-order valence-corrected chi connectivity index (χ0v) is 18.5. The molecule has 0 aliphatic carbocycles. The molecule has 3 rings (SSSR count). The number of ketones is 1. The summed E-state index contributed by atoms with van der Waals surface area (Å²) in [4.78, 5) is 48.1. The Balaban J connectivity index is 1.71. The monoisotopic (exact) mass is 466 g/mol. The second-order valence-electron chi connectivity index (χ2n) is 7.24. The maximum Gasteiger partial charge on any atom is 0.339 e. The number of benzene rings is 3. The van der Waals surface area contributed by atoms with Crippen LogP contribution in [0, 0.1) is 24.0 Å². The Hall–Kier alpha value is -4.04. The van der Waals surface area contributed by atoms with Gasteiger partial charge in [-0.3, -0.25) is 19.7 Å². The van der Waals surface area contributed by atoms with Crippen molar-refractivity contribution in [1.82, 2.24) is 0 Å². The van der Waals surface area contributed by atoms with E-state index in [-0.39, 0.29) is 33.3 Å². The van der Waals surface area contributed by atoms with Crippen molar-refractivity contribution < 1.29 is 24.0 Å². The SMILES string of the molecule is Cc1ccc(C)c(C(=O)c2ccccc2C(=O)OCC(=O)Nc2ccc([N+](=O)[O-])cc2Cl)c1. The van der Waals surface area contributed by atoms with E-state index in [1.807, 2.05) is 19.1 Å². The molecule has 0 radical (unpaired) electrons. The Morgan fingerprint density at radius 3 is 2.33 bits per heavy atom. The van der Waals surface area contributed by atoms with Gasteiger partial charge in [-0.25, -0.2) is 4.79 Å². The van der Waals surface area contributed by atoms with Gasteiger partial charge in [0.15, 0.2) is 12.4 Å². The summed E-state index contributed by atoms with van der Waals surface area (Å²) in [5, 5.41) is 13.2. The number of aryl methyl sites for hydroxylation is 2. The zero-order valence-electron chi connectivity index (χ0n) is 17.8. The molecule has 0 heterocycles. The molecule has 0 spiro atoms. The van der Waals surface area contributed by atoms with Gasteiger partial charge in [0.25, 0.3) is 11.6 Å². The van der Waals surface area contributed by atoms with Gasteiger partial charge >= 0.3 is 5.97 Å².